The molecule has 1 unspecified atom stereocenters. The van der Waals surface area contributed by atoms with Crippen LogP contribution < -0.4 is 11.3 Å². The first-order valence-corrected chi connectivity index (χ1v) is 5.53. The summed E-state index contributed by atoms with van der Waals surface area (Å²) < 4.78 is 5.08. The van der Waals surface area contributed by atoms with Gasteiger partial charge in [-0.15, -0.1) is 0 Å². The number of nitrogens with one attached hydrogen (secondary N) is 1. The van der Waals surface area contributed by atoms with Crippen LogP contribution in [0.25, 0.3) is 11.6 Å². The third-order valence-corrected chi connectivity index (χ3v) is 2.55. The minimum Gasteiger partial charge on any atom is -0.332 e. The van der Waals surface area contributed by atoms with E-state index in [1.807, 2.05) is 20.8 Å². The van der Waals surface area contributed by atoms with Crippen LogP contribution in [-0.4, -0.2) is 20.3 Å². The second-order valence-corrected chi connectivity index (χ2v) is 5.11. The van der Waals surface area contributed by atoms with Crippen LogP contribution in [0.15, 0.2) is 21.5 Å². The monoisotopic (exact) mass is 249 g/mol. The Kier molecular flexibility index (Phi) is 3.00. The quantitative estimate of drug-likeness (QED) is 0.816. The Labute approximate surface area is 103 Å². The zero-order valence-electron chi connectivity index (χ0n) is 10.5. The standard InChI is InChI=1S/C11H15N5O2/c1-11(2,3)8(12)9-13-10(18-16-9)6-4-5-7(17)15-14-6/h4-5,8H,12H2,1-3H3,(H,15,17). The topological polar surface area (TPSA) is 111 Å². The van der Waals surface area contributed by atoms with Crippen molar-refractivity contribution in [2.45, 2.75) is 26.8 Å². The fraction of sp³-hybridized carbons (Fsp3) is 0.455. The van der Waals surface area contributed by atoms with Gasteiger partial charge in [-0.1, -0.05) is 25.9 Å². The Bertz CT molecular complexity index is 575. The molecular formula is C11H15N5O2. The van der Waals surface area contributed by atoms with Crippen LogP contribution in [0.4, 0.5) is 0 Å². The van der Waals surface area contributed by atoms with Gasteiger partial charge in [0.05, 0.1) is 6.04 Å². The largest absolute Gasteiger partial charge is 0.332 e. The summed E-state index contributed by atoms with van der Waals surface area (Å²) in [6.07, 6.45) is 0. The third-order valence-electron chi connectivity index (χ3n) is 2.55. The highest BCUT2D eigenvalue weighted by molar-refractivity contribution is 5.44. The molecule has 3 N–H and O–H groups in total. The first-order valence-electron chi connectivity index (χ1n) is 5.53. The maximum absolute atomic E-state index is 10.9. The van der Waals surface area contributed by atoms with Crippen LogP contribution in [0.3, 0.4) is 0 Å². The van der Waals surface area contributed by atoms with Crippen molar-refractivity contribution >= 4 is 0 Å². The molecule has 0 aromatic carbocycles. The molecule has 0 radical (unpaired) electrons. The maximum atomic E-state index is 10.9. The van der Waals surface area contributed by atoms with Gasteiger partial charge >= 0.3 is 0 Å². The number of rotatable bonds is 2. The highest BCUT2D eigenvalue weighted by Crippen LogP contribution is 2.29. The molecule has 0 spiro atoms. The van der Waals surface area contributed by atoms with Gasteiger partial charge in [0, 0.05) is 6.07 Å². The summed E-state index contributed by atoms with van der Waals surface area (Å²) in [6.45, 7) is 5.98. The lowest BCUT2D eigenvalue weighted by Crippen LogP contribution is -2.27. The number of H-pyrrole nitrogens is 1. The molecule has 96 valence electrons. The number of nitrogens with two attached hydrogens (primary N) is 1. The summed E-state index contributed by atoms with van der Waals surface area (Å²) in [5.41, 5.74) is 5.98. The predicted octanol–water partition coefficient (Wildman–Crippen LogP) is 0.866. The normalized spacial score (nSPS) is 13.6. The van der Waals surface area contributed by atoms with Crippen LogP contribution in [0.1, 0.15) is 32.6 Å². The molecule has 18 heavy (non-hydrogen) atoms. The van der Waals surface area contributed by atoms with E-state index < -0.39 is 0 Å². The van der Waals surface area contributed by atoms with Gasteiger partial charge in [0.2, 0.25) is 0 Å². The summed E-state index contributed by atoms with van der Waals surface area (Å²) in [5, 5.41) is 9.95. The number of hydrogen-bond donors (Lipinski definition) is 2. The molecule has 0 aliphatic heterocycles. The first-order chi connectivity index (χ1) is 8.38. The fourth-order valence-electron chi connectivity index (χ4n) is 1.32. The molecule has 2 rings (SSSR count). The van der Waals surface area contributed by atoms with E-state index in [9.17, 15) is 4.79 Å². The molecule has 0 saturated carbocycles. The van der Waals surface area contributed by atoms with E-state index >= 15 is 0 Å². The highest BCUT2D eigenvalue weighted by atomic mass is 16.5. The van der Waals surface area contributed by atoms with Gasteiger partial charge in [0.25, 0.3) is 11.4 Å². The predicted molar refractivity (Wildman–Crippen MR) is 64.5 cm³/mol. The van der Waals surface area contributed by atoms with E-state index in [2.05, 4.69) is 20.3 Å². The van der Waals surface area contributed by atoms with Crippen LogP contribution in [0.5, 0.6) is 0 Å². The Morgan fingerprint density at radius 2 is 2.11 bits per heavy atom. The third kappa shape index (κ3) is 2.45. The molecule has 0 aliphatic rings. The zero-order valence-corrected chi connectivity index (χ0v) is 10.5. The van der Waals surface area contributed by atoms with E-state index in [1.165, 1.54) is 12.1 Å². The van der Waals surface area contributed by atoms with E-state index in [0.717, 1.165) is 0 Å². The Morgan fingerprint density at radius 3 is 2.67 bits per heavy atom. The Morgan fingerprint density at radius 1 is 1.39 bits per heavy atom. The second-order valence-electron chi connectivity index (χ2n) is 5.11. The lowest BCUT2D eigenvalue weighted by Gasteiger charge is -2.23. The maximum Gasteiger partial charge on any atom is 0.278 e. The van der Waals surface area contributed by atoms with Crippen molar-refractivity contribution in [2.24, 2.45) is 11.1 Å². The molecule has 0 fully saturated rings. The minimum atomic E-state index is -0.335. The van der Waals surface area contributed by atoms with Gasteiger partial charge < -0.3 is 10.3 Å². The number of aromatic nitrogens is 4. The fourth-order valence-corrected chi connectivity index (χ4v) is 1.32. The van der Waals surface area contributed by atoms with Gasteiger partial charge in [-0.25, -0.2) is 5.10 Å². The van der Waals surface area contributed by atoms with E-state index in [0.29, 0.717) is 11.5 Å². The van der Waals surface area contributed by atoms with Crippen molar-refractivity contribution in [2.75, 3.05) is 0 Å². The average molecular weight is 249 g/mol. The van der Waals surface area contributed by atoms with Crippen molar-refractivity contribution in [3.8, 4) is 11.6 Å². The van der Waals surface area contributed by atoms with Crippen molar-refractivity contribution in [3.63, 3.8) is 0 Å². The van der Waals surface area contributed by atoms with Gasteiger partial charge in [0.15, 0.2) is 5.82 Å². The van der Waals surface area contributed by atoms with Gasteiger partial charge in [-0.2, -0.15) is 10.1 Å². The van der Waals surface area contributed by atoms with Crippen LogP contribution >= 0.6 is 0 Å². The van der Waals surface area contributed by atoms with E-state index in [-0.39, 0.29) is 22.9 Å². The molecule has 2 aromatic rings. The second kappa shape index (κ2) is 4.34. The van der Waals surface area contributed by atoms with Crippen LogP contribution in [0, 0.1) is 5.41 Å². The number of nitrogens with zero attached hydrogens (tertiary/aromatic N) is 3. The number of hydrogen-bond acceptors (Lipinski definition) is 6. The molecule has 0 amide bonds. The highest BCUT2D eigenvalue weighted by Gasteiger charge is 2.27. The lowest BCUT2D eigenvalue weighted by atomic mass is 9.87. The molecular weight excluding hydrogens is 234 g/mol. The zero-order chi connectivity index (χ0) is 13.3. The summed E-state index contributed by atoms with van der Waals surface area (Å²) in [5.74, 6) is 0.659. The van der Waals surface area contributed by atoms with E-state index in [4.69, 9.17) is 10.3 Å². The molecule has 0 bridgehead atoms. The molecule has 0 aliphatic carbocycles. The van der Waals surface area contributed by atoms with Gasteiger partial charge in [-0.3, -0.25) is 4.79 Å². The van der Waals surface area contributed by atoms with Crippen LogP contribution in [0.2, 0.25) is 0 Å². The van der Waals surface area contributed by atoms with Crippen molar-refractivity contribution < 1.29 is 4.52 Å². The van der Waals surface area contributed by atoms with Crippen LogP contribution in [-0.2, 0) is 0 Å². The SMILES string of the molecule is CC(C)(C)C(N)c1noc(-c2ccc(=O)[nH]n2)n1. The van der Waals surface area contributed by atoms with E-state index in [1.54, 1.807) is 0 Å². The van der Waals surface area contributed by atoms with Gasteiger partial charge in [0.1, 0.15) is 5.69 Å². The molecule has 1 atom stereocenters. The summed E-state index contributed by atoms with van der Waals surface area (Å²) >= 11 is 0. The Hall–Kier alpha value is -2.02. The molecule has 2 heterocycles. The molecule has 0 saturated heterocycles. The smallest absolute Gasteiger partial charge is 0.278 e. The molecule has 7 heteroatoms. The lowest BCUT2D eigenvalue weighted by molar-refractivity contribution is 0.303. The van der Waals surface area contributed by atoms with Crippen molar-refractivity contribution in [1.82, 2.24) is 20.3 Å². The summed E-state index contributed by atoms with van der Waals surface area (Å²) in [6, 6.07) is 2.52. The summed E-state index contributed by atoms with van der Waals surface area (Å²) in [4.78, 5) is 15.1. The van der Waals surface area contributed by atoms with Crippen molar-refractivity contribution in [1.29, 1.82) is 0 Å². The summed E-state index contributed by atoms with van der Waals surface area (Å²) in [7, 11) is 0. The van der Waals surface area contributed by atoms with Crippen molar-refractivity contribution in [3.05, 3.63) is 28.3 Å². The minimum absolute atomic E-state index is 0.167. The first kappa shape index (κ1) is 12.4. The molecule has 7 nitrogen and oxygen atoms in total. The Balaban J connectivity index is 2.31. The molecule has 2 aromatic heterocycles. The number of aromatic amines is 1. The average Bonchev–Trinajstić information content (AvgIpc) is 2.77. The van der Waals surface area contributed by atoms with Gasteiger partial charge in [-0.05, 0) is 11.5 Å².